The number of piperidine rings is 1. The molecule has 1 aliphatic rings. The lowest BCUT2D eigenvalue weighted by Crippen LogP contribution is -2.33. The van der Waals surface area contributed by atoms with Crippen LogP contribution in [-0.2, 0) is 16.4 Å². The number of imidazole rings is 1. The number of carbonyl (C=O) groups excluding carboxylic acids is 1. The summed E-state index contributed by atoms with van der Waals surface area (Å²) in [4.78, 5) is 19.4. The first-order valence-corrected chi connectivity index (χ1v) is 12.0. The first kappa shape index (κ1) is 20.6. The van der Waals surface area contributed by atoms with Crippen molar-refractivity contribution in [3.63, 3.8) is 0 Å². The lowest BCUT2D eigenvalue weighted by Gasteiger charge is -2.30. The van der Waals surface area contributed by atoms with Crippen LogP contribution in [0.4, 0.5) is 5.69 Å². The van der Waals surface area contributed by atoms with Crippen molar-refractivity contribution in [1.29, 1.82) is 0 Å². The molecule has 1 N–H and O–H groups in total. The van der Waals surface area contributed by atoms with Crippen molar-refractivity contribution >= 4 is 26.9 Å². The molecule has 8 heteroatoms. The smallest absolute Gasteiger partial charge is 0.276 e. The predicted octanol–water partition coefficient (Wildman–Crippen LogP) is 3.22. The largest absolute Gasteiger partial charge is 0.321 e. The number of aromatic nitrogens is 2. The number of carbonyl (C=O) groups is 1. The molecule has 1 amide bonds. The Morgan fingerprint density at radius 2 is 1.97 bits per heavy atom. The number of sulfone groups is 1. The molecular weight excluding hydrogens is 400 g/mol. The van der Waals surface area contributed by atoms with E-state index < -0.39 is 15.7 Å². The Labute approximate surface area is 176 Å². The quantitative estimate of drug-likeness (QED) is 0.677. The van der Waals surface area contributed by atoms with Gasteiger partial charge >= 0.3 is 0 Å². The molecule has 0 saturated carbocycles. The van der Waals surface area contributed by atoms with E-state index in [1.807, 2.05) is 24.3 Å². The van der Waals surface area contributed by atoms with E-state index in [-0.39, 0.29) is 10.9 Å². The summed E-state index contributed by atoms with van der Waals surface area (Å²) in [5, 5.41) is 2.69. The molecule has 7 nitrogen and oxygen atoms in total. The molecule has 1 fully saturated rings. The second-order valence-electron chi connectivity index (χ2n) is 8.10. The molecule has 2 aromatic heterocycles. The fourth-order valence-electron chi connectivity index (χ4n) is 4.01. The number of hydrogen-bond acceptors (Lipinski definition) is 5. The number of likely N-dealkylation sites (tertiary alicyclic amines) is 1. The molecule has 0 bridgehead atoms. The number of nitrogens with zero attached hydrogens (tertiary/aromatic N) is 3. The first-order valence-electron chi connectivity index (χ1n) is 10.1. The summed E-state index contributed by atoms with van der Waals surface area (Å²) in [5.41, 5.74) is 2.39. The van der Waals surface area contributed by atoms with Crippen LogP contribution in [0, 0.1) is 5.92 Å². The molecule has 1 unspecified atom stereocenters. The van der Waals surface area contributed by atoms with Crippen molar-refractivity contribution in [2.24, 2.45) is 5.92 Å². The summed E-state index contributed by atoms with van der Waals surface area (Å²) in [6.45, 7) is 5.44. The number of rotatable bonds is 5. The van der Waals surface area contributed by atoms with Crippen molar-refractivity contribution in [1.82, 2.24) is 14.3 Å². The van der Waals surface area contributed by atoms with Gasteiger partial charge in [-0.05, 0) is 55.1 Å². The summed E-state index contributed by atoms with van der Waals surface area (Å²) in [5.74, 6) is 0.296. The van der Waals surface area contributed by atoms with Gasteiger partial charge in [0.2, 0.25) is 15.0 Å². The second-order valence-corrected chi connectivity index (χ2v) is 10.0. The molecule has 4 rings (SSSR count). The molecule has 158 valence electrons. The first-order chi connectivity index (χ1) is 14.3. The second kappa shape index (κ2) is 8.20. The van der Waals surface area contributed by atoms with E-state index in [1.54, 1.807) is 24.4 Å². The minimum atomic E-state index is -3.57. The molecule has 3 heterocycles. The van der Waals surface area contributed by atoms with Gasteiger partial charge in [-0.2, -0.15) is 0 Å². The van der Waals surface area contributed by atoms with Gasteiger partial charge in [0.05, 0.1) is 5.52 Å². The summed E-state index contributed by atoms with van der Waals surface area (Å²) in [6, 6.07) is 12.9. The number of pyridine rings is 1. The van der Waals surface area contributed by atoms with Crippen molar-refractivity contribution < 1.29 is 13.2 Å². The number of nitrogens with one attached hydrogen (secondary N) is 1. The van der Waals surface area contributed by atoms with Crippen molar-refractivity contribution in [2.75, 3.05) is 24.7 Å². The molecule has 1 atom stereocenters. The van der Waals surface area contributed by atoms with Crippen molar-refractivity contribution in [3.8, 4) is 0 Å². The monoisotopic (exact) mass is 426 g/mol. The third-order valence-corrected chi connectivity index (χ3v) is 6.37. The van der Waals surface area contributed by atoms with Gasteiger partial charge in [0, 0.05) is 31.2 Å². The van der Waals surface area contributed by atoms with E-state index in [1.165, 1.54) is 22.8 Å². The fraction of sp³-hybridized carbons (Fsp3) is 0.364. The molecule has 1 saturated heterocycles. The van der Waals surface area contributed by atoms with Gasteiger partial charge in [-0.3, -0.25) is 14.1 Å². The van der Waals surface area contributed by atoms with Gasteiger partial charge in [-0.1, -0.05) is 25.1 Å². The van der Waals surface area contributed by atoms with Crippen molar-refractivity contribution in [2.45, 2.75) is 31.5 Å². The molecule has 1 aliphatic heterocycles. The van der Waals surface area contributed by atoms with E-state index in [0.717, 1.165) is 31.8 Å². The summed E-state index contributed by atoms with van der Waals surface area (Å²) in [7, 11) is -3.57. The molecule has 3 aromatic rings. The standard InChI is InChI=1S/C22H26N4O3S/c1-16-6-5-12-25(14-16)15-17-8-10-18(11-9-17)23-21(27)20-19-7-3-4-13-26(19)22(24-20)30(2,28)29/h3-4,7-11,13,16H,5-6,12,14-15H2,1-2H3,(H,23,27). The molecule has 0 radical (unpaired) electrons. The lowest BCUT2D eigenvalue weighted by atomic mass is 10.00. The summed E-state index contributed by atoms with van der Waals surface area (Å²) in [6.07, 6.45) is 5.21. The average Bonchev–Trinajstić information content (AvgIpc) is 3.10. The SMILES string of the molecule is CC1CCCN(Cc2ccc(NC(=O)c3nc(S(C)(=O)=O)n4ccccc34)cc2)C1. The Balaban J connectivity index is 1.50. The Morgan fingerprint density at radius 1 is 1.20 bits per heavy atom. The lowest BCUT2D eigenvalue weighted by molar-refractivity contribution is 0.102. The molecular formula is C22H26N4O3S. The minimum absolute atomic E-state index is 0.0856. The third-order valence-electron chi connectivity index (χ3n) is 5.42. The molecule has 1 aromatic carbocycles. The topological polar surface area (TPSA) is 83.8 Å². The van der Waals surface area contributed by atoms with E-state index in [2.05, 4.69) is 22.1 Å². The summed E-state index contributed by atoms with van der Waals surface area (Å²) < 4.78 is 25.5. The Bertz CT molecular complexity index is 1170. The fourth-order valence-corrected chi connectivity index (χ4v) is 4.78. The van der Waals surface area contributed by atoms with Crippen LogP contribution in [0.3, 0.4) is 0 Å². The third kappa shape index (κ3) is 4.39. The Kier molecular flexibility index (Phi) is 5.62. The van der Waals surface area contributed by atoms with E-state index in [4.69, 9.17) is 0 Å². The zero-order chi connectivity index (χ0) is 21.3. The number of benzene rings is 1. The highest BCUT2D eigenvalue weighted by Crippen LogP contribution is 2.21. The van der Waals surface area contributed by atoms with Crippen LogP contribution < -0.4 is 5.32 Å². The van der Waals surface area contributed by atoms with Gasteiger partial charge in [0.25, 0.3) is 5.91 Å². The summed E-state index contributed by atoms with van der Waals surface area (Å²) >= 11 is 0. The van der Waals surface area contributed by atoms with Crippen LogP contribution in [0.2, 0.25) is 0 Å². The normalized spacial score (nSPS) is 17.9. The van der Waals surface area contributed by atoms with Gasteiger partial charge in [-0.15, -0.1) is 0 Å². The maximum Gasteiger partial charge on any atom is 0.276 e. The minimum Gasteiger partial charge on any atom is -0.321 e. The molecule has 0 spiro atoms. The number of hydrogen-bond donors (Lipinski definition) is 1. The van der Waals surface area contributed by atoms with E-state index in [0.29, 0.717) is 11.2 Å². The highest BCUT2D eigenvalue weighted by molar-refractivity contribution is 7.90. The maximum absolute atomic E-state index is 12.8. The van der Waals surface area contributed by atoms with E-state index >= 15 is 0 Å². The zero-order valence-electron chi connectivity index (χ0n) is 17.2. The van der Waals surface area contributed by atoms with Crippen LogP contribution in [0.1, 0.15) is 35.8 Å². The zero-order valence-corrected chi connectivity index (χ0v) is 18.0. The van der Waals surface area contributed by atoms with Crippen LogP contribution in [0.25, 0.3) is 5.52 Å². The average molecular weight is 427 g/mol. The Morgan fingerprint density at radius 3 is 2.67 bits per heavy atom. The highest BCUT2D eigenvalue weighted by Gasteiger charge is 2.23. The van der Waals surface area contributed by atoms with Gasteiger partial charge in [0.15, 0.2) is 5.69 Å². The van der Waals surface area contributed by atoms with Crippen LogP contribution in [0.5, 0.6) is 0 Å². The van der Waals surface area contributed by atoms with Crippen LogP contribution >= 0.6 is 0 Å². The van der Waals surface area contributed by atoms with Crippen molar-refractivity contribution in [3.05, 3.63) is 59.9 Å². The highest BCUT2D eigenvalue weighted by atomic mass is 32.2. The van der Waals surface area contributed by atoms with Gasteiger partial charge in [-0.25, -0.2) is 13.4 Å². The van der Waals surface area contributed by atoms with Crippen LogP contribution in [0.15, 0.2) is 53.8 Å². The van der Waals surface area contributed by atoms with Gasteiger partial charge < -0.3 is 5.32 Å². The number of anilines is 1. The van der Waals surface area contributed by atoms with Gasteiger partial charge in [0.1, 0.15) is 0 Å². The molecule has 30 heavy (non-hydrogen) atoms. The number of amides is 1. The number of fused-ring (bicyclic) bond motifs is 1. The van der Waals surface area contributed by atoms with Crippen LogP contribution in [-0.4, -0.2) is 48.0 Å². The van der Waals surface area contributed by atoms with E-state index in [9.17, 15) is 13.2 Å². The predicted molar refractivity (Wildman–Crippen MR) is 116 cm³/mol. The Hall–Kier alpha value is -2.71. The maximum atomic E-state index is 12.8. The molecule has 0 aliphatic carbocycles.